The fraction of sp³-hybridized carbons (Fsp3) is 1.00. The van der Waals surface area contributed by atoms with Crippen LogP contribution in [0.5, 0.6) is 0 Å². The molecule has 4 nitrogen and oxygen atoms in total. The van der Waals surface area contributed by atoms with E-state index in [1.54, 1.807) is 18.9 Å². The molecule has 1 atom stereocenters. The first kappa shape index (κ1) is 11.9. The summed E-state index contributed by atoms with van der Waals surface area (Å²) in [6.45, 7) is 2.66. The summed E-state index contributed by atoms with van der Waals surface area (Å²) in [6, 6.07) is 0. The van der Waals surface area contributed by atoms with E-state index in [4.69, 9.17) is 5.11 Å². The molecule has 0 unspecified atom stereocenters. The predicted octanol–water partition coefficient (Wildman–Crippen LogP) is -0.656. The number of hydrogen-bond donors (Lipinski definition) is 1. The summed E-state index contributed by atoms with van der Waals surface area (Å²) in [5.41, 5.74) is 0. The van der Waals surface area contributed by atoms with Crippen LogP contribution in [0.4, 0.5) is 0 Å². The first-order chi connectivity index (χ1) is 5.31. The van der Waals surface area contributed by atoms with E-state index in [9.17, 15) is 8.42 Å². The van der Waals surface area contributed by atoms with Gasteiger partial charge in [-0.05, 0) is 14.0 Å². The number of rotatable bonds is 5. The lowest BCUT2D eigenvalue weighted by Gasteiger charge is -2.17. The Hall–Kier alpha value is -0.130. The van der Waals surface area contributed by atoms with Gasteiger partial charge in [-0.15, -0.1) is 0 Å². The van der Waals surface area contributed by atoms with E-state index in [1.807, 2.05) is 0 Å². The van der Waals surface area contributed by atoms with E-state index in [0.29, 0.717) is 13.1 Å². The van der Waals surface area contributed by atoms with Crippen molar-refractivity contribution >= 4 is 9.84 Å². The van der Waals surface area contributed by atoms with Crippen LogP contribution in [0.25, 0.3) is 0 Å². The molecule has 0 rings (SSSR count). The van der Waals surface area contributed by atoms with E-state index in [0.717, 1.165) is 0 Å². The van der Waals surface area contributed by atoms with Crippen molar-refractivity contribution < 1.29 is 13.5 Å². The number of aliphatic hydroxyl groups is 1. The molecule has 0 aliphatic heterocycles. The van der Waals surface area contributed by atoms with Gasteiger partial charge in [-0.25, -0.2) is 8.42 Å². The second-order valence-corrected chi connectivity index (χ2v) is 5.50. The lowest BCUT2D eigenvalue weighted by atomic mass is 10.4. The second kappa shape index (κ2) is 4.79. The molecular weight excluding hydrogens is 178 g/mol. The first-order valence-electron chi connectivity index (χ1n) is 3.85. The zero-order valence-electron chi connectivity index (χ0n) is 7.82. The third-order valence-electron chi connectivity index (χ3n) is 1.42. The summed E-state index contributed by atoms with van der Waals surface area (Å²) in [4.78, 5) is 1.80. The summed E-state index contributed by atoms with van der Waals surface area (Å²) in [6.07, 6.45) is 0.804. The van der Waals surface area contributed by atoms with Crippen molar-refractivity contribution in [1.82, 2.24) is 4.90 Å². The van der Waals surface area contributed by atoms with Crippen molar-refractivity contribution in [3.8, 4) is 0 Å². The minimum Gasteiger partial charge on any atom is -0.392 e. The van der Waals surface area contributed by atoms with Crippen LogP contribution in [0.15, 0.2) is 0 Å². The highest BCUT2D eigenvalue weighted by Crippen LogP contribution is 1.90. The molecule has 12 heavy (non-hydrogen) atoms. The minimum absolute atomic E-state index is 0.149. The molecule has 0 saturated heterocycles. The van der Waals surface area contributed by atoms with Crippen molar-refractivity contribution in [2.45, 2.75) is 13.0 Å². The number of nitrogens with zero attached hydrogens (tertiary/aromatic N) is 1. The highest BCUT2D eigenvalue weighted by atomic mass is 32.2. The Labute approximate surface area is 74.1 Å². The monoisotopic (exact) mass is 195 g/mol. The Morgan fingerprint density at radius 2 is 2.00 bits per heavy atom. The van der Waals surface area contributed by atoms with Crippen LogP contribution in [0.2, 0.25) is 0 Å². The van der Waals surface area contributed by atoms with Gasteiger partial charge in [-0.1, -0.05) is 0 Å². The molecule has 0 bridgehead atoms. The van der Waals surface area contributed by atoms with Crippen molar-refractivity contribution in [3.63, 3.8) is 0 Å². The maximum Gasteiger partial charge on any atom is 0.148 e. The van der Waals surface area contributed by atoms with Crippen LogP contribution >= 0.6 is 0 Å². The fourth-order valence-electron chi connectivity index (χ4n) is 0.864. The van der Waals surface area contributed by atoms with Crippen LogP contribution in [0.3, 0.4) is 0 Å². The van der Waals surface area contributed by atoms with Crippen molar-refractivity contribution in [1.29, 1.82) is 0 Å². The Morgan fingerprint density at radius 3 is 2.33 bits per heavy atom. The molecule has 0 aliphatic rings. The SMILES string of the molecule is C[C@@H](O)CN(C)CCS(C)(=O)=O. The lowest BCUT2D eigenvalue weighted by Crippen LogP contribution is -2.31. The van der Waals surface area contributed by atoms with Crippen molar-refractivity contribution in [2.24, 2.45) is 0 Å². The lowest BCUT2D eigenvalue weighted by molar-refractivity contribution is 0.145. The summed E-state index contributed by atoms with van der Waals surface area (Å²) >= 11 is 0. The van der Waals surface area contributed by atoms with Gasteiger partial charge in [0.05, 0.1) is 11.9 Å². The van der Waals surface area contributed by atoms with Gasteiger partial charge in [0.15, 0.2) is 0 Å². The standard InChI is InChI=1S/C7H17NO3S/c1-7(9)6-8(2)4-5-12(3,10)11/h7,9H,4-6H2,1-3H3/t7-/m1/s1. The average Bonchev–Trinajstić information content (AvgIpc) is 1.80. The molecule has 5 heteroatoms. The van der Waals surface area contributed by atoms with Gasteiger partial charge in [0, 0.05) is 19.3 Å². The van der Waals surface area contributed by atoms with Gasteiger partial charge >= 0.3 is 0 Å². The highest BCUT2D eigenvalue weighted by molar-refractivity contribution is 7.90. The highest BCUT2D eigenvalue weighted by Gasteiger charge is 2.06. The molecule has 1 N–H and O–H groups in total. The molecule has 0 spiro atoms. The zero-order chi connectivity index (χ0) is 9.78. The molecule has 0 saturated carbocycles. The Morgan fingerprint density at radius 1 is 1.50 bits per heavy atom. The zero-order valence-corrected chi connectivity index (χ0v) is 8.63. The van der Waals surface area contributed by atoms with Crippen molar-refractivity contribution in [2.75, 3.05) is 32.1 Å². The number of sulfone groups is 1. The topological polar surface area (TPSA) is 57.6 Å². The number of likely N-dealkylation sites (N-methyl/N-ethyl adjacent to an activating group) is 1. The van der Waals surface area contributed by atoms with Crippen LogP contribution in [0.1, 0.15) is 6.92 Å². The Balaban J connectivity index is 3.65. The Kier molecular flexibility index (Phi) is 4.74. The van der Waals surface area contributed by atoms with E-state index in [1.165, 1.54) is 6.26 Å². The molecule has 74 valence electrons. The average molecular weight is 195 g/mol. The van der Waals surface area contributed by atoms with Crippen LogP contribution in [-0.2, 0) is 9.84 Å². The third kappa shape index (κ3) is 7.97. The number of hydrogen-bond acceptors (Lipinski definition) is 4. The van der Waals surface area contributed by atoms with Crippen LogP contribution in [-0.4, -0.2) is 56.7 Å². The maximum absolute atomic E-state index is 10.7. The smallest absolute Gasteiger partial charge is 0.148 e. The molecule has 0 aromatic carbocycles. The van der Waals surface area contributed by atoms with Gasteiger partial charge in [0.1, 0.15) is 9.84 Å². The molecule has 0 fully saturated rings. The van der Waals surface area contributed by atoms with Crippen LogP contribution in [0, 0.1) is 0 Å². The fourth-order valence-corrected chi connectivity index (χ4v) is 1.51. The quantitative estimate of drug-likeness (QED) is 0.633. The molecular formula is C7H17NO3S. The van der Waals surface area contributed by atoms with E-state index >= 15 is 0 Å². The van der Waals surface area contributed by atoms with Gasteiger partial charge < -0.3 is 10.0 Å². The van der Waals surface area contributed by atoms with E-state index in [-0.39, 0.29) is 5.75 Å². The molecule has 0 heterocycles. The number of aliphatic hydroxyl groups excluding tert-OH is 1. The van der Waals surface area contributed by atoms with Crippen molar-refractivity contribution in [3.05, 3.63) is 0 Å². The summed E-state index contributed by atoms with van der Waals surface area (Å²) in [5.74, 6) is 0.149. The van der Waals surface area contributed by atoms with E-state index in [2.05, 4.69) is 0 Å². The van der Waals surface area contributed by atoms with Gasteiger partial charge in [-0.3, -0.25) is 0 Å². The summed E-state index contributed by atoms with van der Waals surface area (Å²) in [5, 5.41) is 8.96. The molecule has 0 aliphatic carbocycles. The molecule has 0 radical (unpaired) electrons. The maximum atomic E-state index is 10.7. The predicted molar refractivity (Wildman–Crippen MR) is 48.9 cm³/mol. The van der Waals surface area contributed by atoms with Crippen LogP contribution < -0.4 is 0 Å². The van der Waals surface area contributed by atoms with Gasteiger partial charge in [0.25, 0.3) is 0 Å². The molecule has 0 aromatic rings. The summed E-state index contributed by atoms with van der Waals surface area (Å²) < 4.78 is 21.5. The third-order valence-corrected chi connectivity index (χ3v) is 2.34. The largest absolute Gasteiger partial charge is 0.392 e. The van der Waals surface area contributed by atoms with Gasteiger partial charge in [-0.2, -0.15) is 0 Å². The van der Waals surface area contributed by atoms with Gasteiger partial charge in [0.2, 0.25) is 0 Å². The minimum atomic E-state index is -2.88. The first-order valence-corrected chi connectivity index (χ1v) is 5.91. The second-order valence-electron chi connectivity index (χ2n) is 3.24. The normalized spacial score (nSPS) is 15.1. The summed E-state index contributed by atoms with van der Waals surface area (Å²) in [7, 11) is -1.09. The molecule has 0 amide bonds. The molecule has 0 aromatic heterocycles. The Bertz CT molecular complexity index is 211. The van der Waals surface area contributed by atoms with E-state index < -0.39 is 15.9 Å².